The van der Waals surface area contributed by atoms with Gasteiger partial charge in [0.25, 0.3) is 5.91 Å². The molecule has 0 radical (unpaired) electrons. The van der Waals surface area contributed by atoms with Crippen LogP contribution in [0, 0.1) is 5.82 Å². The third-order valence-corrected chi connectivity index (χ3v) is 4.24. The number of halogens is 2. The van der Waals surface area contributed by atoms with Crippen LogP contribution in [0.25, 0.3) is 0 Å². The number of nitrogens with two attached hydrogens (primary N) is 1. The minimum Gasteiger partial charge on any atom is -0.493 e. The van der Waals surface area contributed by atoms with Crippen LogP contribution in [0.1, 0.15) is 21.6 Å². The molecule has 0 spiro atoms. The van der Waals surface area contributed by atoms with E-state index in [2.05, 4.69) is 25.6 Å². The first-order valence-corrected chi connectivity index (χ1v) is 9.19. The maximum Gasteiger partial charge on any atom is 0.277 e. The molecule has 0 aliphatic heterocycles. The van der Waals surface area contributed by atoms with Crippen molar-refractivity contribution in [2.75, 3.05) is 25.9 Å². The van der Waals surface area contributed by atoms with Crippen molar-refractivity contribution in [2.45, 2.75) is 13.2 Å². The van der Waals surface area contributed by atoms with Gasteiger partial charge in [-0.2, -0.15) is 0 Å². The normalized spacial score (nSPS) is 10.3. The zero-order valence-electron chi connectivity index (χ0n) is 16.8. The second-order valence-electron chi connectivity index (χ2n) is 6.26. The second kappa shape index (κ2) is 11.7. The van der Waals surface area contributed by atoms with Gasteiger partial charge in [-0.15, -0.1) is 12.4 Å². The molecule has 0 atom stereocenters. The molecule has 0 unspecified atom stereocenters. The molecule has 9 nitrogen and oxygen atoms in total. The van der Waals surface area contributed by atoms with Gasteiger partial charge in [0.05, 0.1) is 7.11 Å². The van der Waals surface area contributed by atoms with Gasteiger partial charge in [0.2, 0.25) is 11.5 Å². The molecular weight excluding hydrogens is 429 g/mol. The number of aromatic nitrogens is 2. The van der Waals surface area contributed by atoms with Crippen LogP contribution in [-0.2, 0) is 13.2 Å². The first kappa shape index (κ1) is 23.9. The summed E-state index contributed by atoms with van der Waals surface area (Å²) in [5, 5.41) is 12.7. The number of carbonyl (C=O) groups is 1. The fourth-order valence-electron chi connectivity index (χ4n) is 2.71. The predicted molar refractivity (Wildman–Crippen MR) is 114 cm³/mol. The van der Waals surface area contributed by atoms with Crippen molar-refractivity contribution in [3.8, 4) is 11.5 Å². The van der Waals surface area contributed by atoms with Crippen molar-refractivity contribution >= 4 is 24.1 Å². The number of benzene rings is 2. The zero-order valence-corrected chi connectivity index (χ0v) is 17.6. The van der Waals surface area contributed by atoms with Gasteiger partial charge in [0.15, 0.2) is 11.5 Å². The average molecular weight is 452 g/mol. The minimum atomic E-state index is -0.467. The highest BCUT2D eigenvalue weighted by molar-refractivity contribution is 5.95. The Labute approximate surface area is 184 Å². The van der Waals surface area contributed by atoms with E-state index in [4.69, 9.17) is 15.2 Å². The Bertz CT molecular complexity index is 1000. The Hall–Kier alpha value is -3.37. The molecule has 4 N–H and O–H groups in total. The van der Waals surface area contributed by atoms with Crippen molar-refractivity contribution in [3.05, 3.63) is 65.1 Å². The first-order valence-electron chi connectivity index (χ1n) is 9.19. The quantitative estimate of drug-likeness (QED) is 0.401. The molecule has 0 saturated carbocycles. The molecule has 0 fully saturated rings. The molecule has 0 saturated heterocycles. The second-order valence-corrected chi connectivity index (χ2v) is 6.26. The number of carbonyl (C=O) groups excluding carboxylic acids is 1. The van der Waals surface area contributed by atoms with E-state index in [0.29, 0.717) is 36.7 Å². The first-order chi connectivity index (χ1) is 14.6. The minimum absolute atomic E-state index is 0. The molecule has 1 heterocycles. The third kappa shape index (κ3) is 6.30. The number of amides is 1. The zero-order chi connectivity index (χ0) is 21.3. The molecule has 0 aliphatic carbocycles. The Morgan fingerprint density at radius 1 is 1.13 bits per heavy atom. The van der Waals surface area contributed by atoms with Crippen LogP contribution < -0.4 is 25.8 Å². The lowest BCUT2D eigenvalue weighted by Gasteiger charge is -2.16. The average Bonchev–Trinajstić information content (AvgIpc) is 3.19. The molecule has 0 aliphatic rings. The summed E-state index contributed by atoms with van der Waals surface area (Å²) in [6.45, 7) is 1.33. The van der Waals surface area contributed by atoms with E-state index in [0.717, 1.165) is 5.56 Å². The number of rotatable bonds is 10. The fraction of sp³-hybridized carbons (Fsp3) is 0.250. The molecule has 1 aromatic heterocycles. The Balaban J connectivity index is 0.00000341. The molecule has 166 valence electrons. The van der Waals surface area contributed by atoms with Crippen LogP contribution in [0.5, 0.6) is 11.5 Å². The summed E-state index contributed by atoms with van der Waals surface area (Å²) in [6.07, 6.45) is 0. The summed E-state index contributed by atoms with van der Waals surface area (Å²) in [6, 6.07) is 11.9. The van der Waals surface area contributed by atoms with E-state index in [1.807, 2.05) is 12.1 Å². The number of ether oxygens (including phenoxy) is 2. The maximum absolute atomic E-state index is 13.9. The largest absolute Gasteiger partial charge is 0.493 e. The third-order valence-electron chi connectivity index (χ3n) is 4.24. The van der Waals surface area contributed by atoms with Crippen LogP contribution in [0.4, 0.5) is 10.2 Å². The number of hydrogen-bond donors (Lipinski definition) is 3. The summed E-state index contributed by atoms with van der Waals surface area (Å²) in [5.74, 6) is 0.222. The summed E-state index contributed by atoms with van der Waals surface area (Å²) in [7, 11) is 1.54. The van der Waals surface area contributed by atoms with Crippen molar-refractivity contribution < 1.29 is 23.3 Å². The van der Waals surface area contributed by atoms with Crippen molar-refractivity contribution in [1.82, 2.24) is 20.9 Å². The van der Waals surface area contributed by atoms with Gasteiger partial charge in [-0.25, -0.2) is 9.02 Å². The Morgan fingerprint density at radius 3 is 2.61 bits per heavy atom. The number of nitrogens with zero attached hydrogens (tertiary/aromatic N) is 2. The molecule has 2 aromatic carbocycles. The van der Waals surface area contributed by atoms with Gasteiger partial charge in [-0.05, 0) is 22.4 Å². The van der Waals surface area contributed by atoms with Gasteiger partial charge in [-0.1, -0.05) is 30.3 Å². The molecule has 3 aromatic rings. The van der Waals surface area contributed by atoms with Gasteiger partial charge in [0.1, 0.15) is 12.4 Å². The predicted octanol–water partition coefficient (Wildman–Crippen LogP) is 2.32. The number of anilines is 1. The van der Waals surface area contributed by atoms with Gasteiger partial charge in [-0.3, -0.25) is 4.79 Å². The smallest absolute Gasteiger partial charge is 0.277 e. The topological polar surface area (TPSA) is 125 Å². The standard InChI is InChI=1S/C20H22FN5O4.ClH/c1-28-16-8-4-6-13(18(16)29-12-14-5-2-3-7-15(14)21)11-23-9-10-24-20(27)17-19(22)26-30-25-17;/h2-8,23H,9-12H2,1H3,(H2,22,26)(H,24,27);1H. The van der Waals surface area contributed by atoms with E-state index < -0.39 is 5.91 Å². The molecule has 11 heteroatoms. The Kier molecular flexibility index (Phi) is 9.04. The van der Waals surface area contributed by atoms with Crippen molar-refractivity contribution in [2.24, 2.45) is 0 Å². The highest BCUT2D eigenvalue weighted by Crippen LogP contribution is 2.32. The van der Waals surface area contributed by atoms with Crippen LogP contribution in [0.3, 0.4) is 0 Å². The van der Waals surface area contributed by atoms with Crippen LogP contribution in [0.2, 0.25) is 0 Å². The van der Waals surface area contributed by atoms with E-state index >= 15 is 0 Å². The lowest BCUT2D eigenvalue weighted by atomic mass is 10.1. The summed E-state index contributed by atoms with van der Waals surface area (Å²) < 4.78 is 29.5. The number of nitrogens with one attached hydrogen (secondary N) is 2. The van der Waals surface area contributed by atoms with E-state index in [1.54, 1.807) is 31.4 Å². The maximum atomic E-state index is 13.9. The van der Waals surface area contributed by atoms with E-state index in [1.165, 1.54) is 6.07 Å². The SMILES string of the molecule is COc1cccc(CNCCNC(=O)c2nonc2N)c1OCc1ccccc1F.Cl. The van der Waals surface area contributed by atoms with Crippen molar-refractivity contribution in [3.63, 3.8) is 0 Å². The van der Waals surface area contributed by atoms with E-state index in [-0.39, 0.29) is 36.3 Å². The number of para-hydroxylation sites is 1. The monoisotopic (exact) mass is 451 g/mol. The highest BCUT2D eigenvalue weighted by atomic mass is 35.5. The van der Waals surface area contributed by atoms with Crippen LogP contribution >= 0.6 is 12.4 Å². The van der Waals surface area contributed by atoms with E-state index in [9.17, 15) is 9.18 Å². The molecule has 31 heavy (non-hydrogen) atoms. The number of methoxy groups -OCH3 is 1. The molecular formula is C20H23ClFN5O4. The summed E-state index contributed by atoms with van der Waals surface area (Å²) in [4.78, 5) is 11.9. The summed E-state index contributed by atoms with van der Waals surface area (Å²) >= 11 is 0. The van der Waals surface area contributed by atoms with Gasteiger partial charge >= 0.3 is 0 Å². The van der Waals surface area contributed by atoms with Gasteiger partial charge in [0, 0.05) is 30.8 Å². The van der Waals surface area contributed by atoms with Gasteiger partial charge < -0.3 is 25.8 Å². The van der Waals surface area contributed by atoms with Crippen LogP contribution in [0.15, 0.2) is 47.1 Å². The van der Waals surface area contributed by atoms with Crippen molar-refractivity contribution in [1.29, 1.82) is 0 Å². The summed E-state index contributed by atoms with van der Waals surface area (Å²) in [5.41, 5.74) is 6.71. The number of nitrogen functional groups attached to an aromatic ring is 1. The molecule has 1 amide bonds. The number of hydrogen-bond acceptors (Lipinski definition) is 8. The lowest BCUT2D eigenvalue weighted by Crippen LogP contribution is -2.32. The van der Waals surface area contributed by atoms with Crippen LogP contribution in [-0.4, -0.2) is 36.4 Å². The fourth-order valence-corrected chi connectivity index (χ4v) is 2.71. The molecule has 3 rings (SSSR count). The highest BCUT2D eigenvalue weighted by Gasteiger charge is 2.15. The lowest BCUT2D eigenvalue weighted by molar-refractivity contribution is 0.0944. The molecule has 0 bridgehead atoms. The Morgan fingerprint density at radius 2 is 1.90 bits per heavy atom.